The normalized spacial score (nSPS) is 20.3. The molecule has 0 radical (unpaired) electrons. The lowest BCUT2D eigenvalue weighted by molar-refractivity contribution is 0.646. The van der Waals surface area contributed by atoms with Gasteiger partial charge in [0.2, 0.25) is 0 Å². The molecule has 3 heteroatoms. The number of hydrogen-bond acceptors (Lipinski definition) is 1. The summed E-state index contributed by atoms with van der Waals surface area (Å²) in [6, 6.07) is 4.44. The maximum atomic E-state index is 7.32. The van der Waals surface area contributed by atoms with Crippen molar-refractivity contribution in [1.29, 1.82) is 5.26 Å². The summed E-state index contributed by atoms with van der Waals surface area (Å²) in [6.07, 6.45) is 4.18. The van der Waals surface area contributed by atoms with E-state index in [0.29, 0.717) is 5.04 Å². The van der Waals surface area contributed by atoms with E-state index in [4.69, 9.17) is 16.3 Å². The van der Waals surface area contributed by atoms with Crippen LogP contribution in [0.15, 0.2) is 0 Å². The number of rotatable bonds is 0. The van der Waals surface area contributed by atoms with Crippen LogP contribution in [0, 0.1) is 11.3 Å². The third kappa shape index (κ3) is 4.02. The summed E-state index contributed by atoms with van der Waals surface area (Å²) < 4.78 is 0. The molecule has 0 bridgehead atoms. The Kier molecular flexibility index (Phi) is 5.77. The van der Waals surface area contributed by atoms with Crippen molar-refractivity contribution in [2.45, 2.75) is 64.1 Å². The van der Waals surface area contributed by atoms with Gasteiger partial charge in [0.05, 0.1) is 6.07 Å². The van der Waals surface area contributed by atoms with Gasteiger partial charge in [0.25, 0.3) is 0 Å². The van der Waals surface area contributed by atoms with E-state index in [1.807, 2.05) is 0 Å². The summed E-state index contributed by atoms with van der Waals surface area (Å²) >= 11 is 6.69. The van der Waals surface area contributed by atoms with Gasteiger partial charge in [-0.05, 0) is 17.1 Å². The fraction of sp³-hybridized carbons (Fsp3) is 0.909. The Morgan fingerprint density at radius 1 is 1.14 bits per heavy atom. The Labute approximate surface area is 94.2 Å². The molecule has 0 saturated carbocycles. The van der Waals surface area contributed by atoms with Gasteiger partial charge >= 0.3 is 0 Å². The van der Waals surface area contributed by atoms with Gasteiger partial charge in [0, 0.05) is 6.92 Å². The summed E-state index contributed by atoms with van der Waals surface area (Å²) in [5.74, 6) is 0. The molecule has 0 aromatic carbocycles. The van der Waals surface area contributed by atoms with Crippen molar-refractivity contribution in [3.05, 3.63) is 0 Å². The summed E-state index contributed by atoms with van der Waals surface area (Å²) in [7, 11) is -1.37. The van der Waals surface area contributed by atoms with Crippen molar-refractivity contribution in [3.63, 3.8) is 0 Å². The third-order valence-electron chi connectivity index (χ3n) is 2.99. The Hall–Kier alpha value is -0.00312. The largest absolute Gasteiger partial charge is 0.199 e. The van der Waals surface area contributed by atoms with Crippen LogP contribution >= 0.6 is 11.1 Å². The molecule has 1 aliphatic rings. The molecule has 0 aliphatic carbocycles. The summed E-state index contributed by atoms with van der Waals surface area (Å²) in [4.78, 5) is 0. The van der Waals surface area contributed by atoms with Crippen LogP contribution in [0.4, 0.5) is 0 Å². The summed E-state index contributed by atoms with van der Waals surface area (Å²) in [6.45, 7) is 8.38. The highest BCUT2D eigenvalue weighted by Gasteiger charge is 2.43. The molecule has 0 atom stereocenters. The first-order valence-corrected chi connectivity index (χ1v) is 8.80. The van der Waals surface area contributed by atoms with E-state index in [1.165, 1.54) is 38.3 Å². The maximum absolute atomic E-state index is 7.32. The van der Waals surface area contributed by atoms with Crippen LogP contribution in [0.2, 0.25) is 17.1 Å². The Balaban J connectivity index is 0.000000500. The molecule has 0 spiro atoms. The molecule has 1 heterocycles. The second kappa shape index (κ2) is 5.78. The topological polar surface area (TPSA) is 23.8 Å². The second-order valence-electron chi connectivity index (χ2n) is 5.00. The minimum Gasteiger partial charge on any atom is -0.199 e. The second-order valence-corrected chi connectivity index (χ2v) is 11.6. The van der Waals surface area contributed by atoms with Crippen LogP contribution in [-0.2, 0) is 0 Å². The van der Waals surface area contributed by atoms with E-state index in [9.17, 15) is 0 Å². The lowest BCUT2D eigenvalue weighted by Gasteiger charge is -2.40. The predicted octanol–water partition coefficient (Wildman–Crippen LogP) is 4.68. The van der Waals surface area contributed by atoms with Crippen molar-refractivity contribution < 1.29 is 0 Å². The van der Waals surface area contributed by atoms with Crippen LogP contribution in [0.3, 0.4) is 0 Å². The zero-order valence-electron chi connectivity index (χ0n) is 9.86. The molecule has 1 rings (SSSR count). The fourth-order valence-corrected chi connectivity index (χ4v) is 6.03. The first-order chi connectivity index (χ1) is 6.37. The van der Waals surface area contributed by atoms with Gasteiger partial charge in [0.15, 0.2) is 7.38 Å². The first kappa shape index (κ1) is 14.0. The van der Waals surface area contributed by atoms with Crippen LogP contribution in [0.1, 0.15) is 47.0 Å². The van der Waals surface area contributed by atoms with Gasteiger partial charge in [-0.15, -0.1) is 0 Å². The third-order valence-corrected chi connectivity index (χ3v) is 10.8. The molecular weight excluding hydrogens is 210 g/mol. The quantitative estimate of drug-likeness (QED) is 0.439. The van der Waals surface area contributed by atoms with Gasteiger partial charge in [-0.25, -0.2) is 0 Å². The highest BCUT2D eigenvalue weighted by Crippen LogP contribution is 2.48. The molecule has 0 aromatic heterocycles. The number of nitrogens with zero attached hydrogens (tertiary/aromatic N) is 1. The minimum absolute atomic E-state index is 0.412. The van der Waals surface area contributed by atoms with Crippen molar-refractivity contribution in [2.75, 3.05) is 0 Å². The SMILES string of the molecule is CC#N.CC(C)(C)[Si]1(Cl)CCCCC1. The van der Waals surface area contributed by atoms with Gasteiger partial charge in [-0.2, -0.15) is 16.3 Å². The lowest BCUT2D eigenvalue weighted by atomic mass is 10.2. The molecule has 1 saturated heterocycles. The fourth-order valence-electron chi connectivity index (χ4n) is 1.86. The zero-order valence-corrected chi connectivity index (χ0v) is 11.6. The van der Waals surface area contributed by atoms with E-state index in [0.717, 1.165) is 0 Å². The van der Waals surface area contributed by atoms with Crippen molar-refractivity contribution in [2.24, 2.45) is 0 Å². The van der Waals surface area contributed by atoms with Crippen molar-refractivity contribution in [3.8, 4) is 6.07 Å². The molecule has 0 N–H and O–H groups in total. The van der Waals surface area contributed by atoms with Crippen molar-refractivity contribution >= 4 is 18.5 Å². The van der Waals surface area contributed by atoms with Crippen LogP contribution in [0.25, 0.3) is 0 Å². The van der Waals surface area contributed by atoms with Crippen LogP contribution < -0.4 is 0 Å². The first-order valence-electron chi connectivity index (χ1n) is 5.37. The molecule has 14 heavy (non-hydrogen) atoms. The predicted molar refractivity (Wildman–Crippen MR) is 66.1 cm³/mol. The maximum Gasteiger partial charge on any atom is 0.161 e. The van der Waals surface area contributed by atoms with E-state index in [-0.39, 0.29) is 0 Å². The van der Waals surface area contributed by atoms with E-state index in [2.05, 4.69) is 20.8 Å². The lowest BCUT2D eigenvalue weighted by Crippen LogP contribution is -2.39. The molecule has 0 amide bonds. The highest BCUT2D eigenvalue weighted by molar-refractivity contribution is 7.21. The van der Waals surface area contributed by atoms with E-state index in [1.54, 1.807) is 6.07 Å². The summed E-state index contributed by atoms with van der Waals surface area (Å²) in [5.41, 5.74) is 0. The number of hydrogen-bond donors (Lipinski definition) is 0. The van der Waals surface area contributed by atoms with Gasteiger partial charge in [-0.1, -0.05) is 40.0 Å². The average Bonchev–Trinajstić information content (AvgIpc) is 2.05. The van der Waals surface area contributed by atoms with Gasteiger partial charge in [0.1, 0.15) is 0 Å². The molecule has 0 aromatic rings. The number of nitriles is 1. The van der Waals surface area contributed by atoms with Crippen molar-refractivity contribution in [1.82, 2.24) is 0 Å². The Bertz CT molecular complexity index is 196. The zero-order chi connectivity index (χ0) is 11.2. The van der Waals surface area contributed by atoms with E-state index >= 15 is 0 Å². The molecule has 0 unspecified atom stereocenters. The monoisotopic (exact) mass is 231 g/mol. The summed E-state index contributed by atoms with van der Waals surface area (Å²) in [5, 5.41) is 7.73. The Morgan fingerprint density at radius 3 is 1.71 bits per heavy atom. The molecule has 1 fully saturated rings. The van der Waals surface area contributed by atoms with E-state index < -0.39 is 7.38 Å². The minimum atomic E-state index is -1.37. The smallest absolute Gasteiger partial charge is 0.161 e. The van der Waals surface area contributed by atoms with Crippen LogP contribution in [0.5, 0.6) is 0 Å². The van der Waals surface area contributed by atoms with Gasteiger partial charge in [-0.3, -0.25) is 0 Å². The number of halogens is 1. The standard InChI is InChI=1S/C9H19ClSi.C2H3N/c1-9(2,3)11(10)7-5-4-6-8-11;1-2-3/h4-8H2,1-3H3;1H3. The average molecular weight is 232 g/mol. The molecule has 1 nitrogen and oxygen atoms in total. The molecule has 82 valence electrons. The molecule has 1 aliphatic heterocycles. The Morgan fingerprint density at radius 2 is 1.50 bits per heavy atom. The molecular formula is C11H22ClNSi. The van der Waals surface area contributed by atoms with Gasteiger partial charge < -0.3 is 0 Å². The van der Waals surface area contributed by atoms with Crippen LogP contribution in [-0.4, -0.2) is 7.38 Å². The highest BCUT2D eigenvalue weighted by atomic mass is 35.6.